The average Bonchev–Trinajstić information content (AvgIpc) is 2.51. The summed E-state index contributed by atoms with van der Waals surface area (Å²) in [6.07, 6.45) is 2.09. The highest BCUT2D eigenvalue weighted by Gasteiger charge is 2.10. The van der Waals surface area contributed by atoms with Gasteiger partial charge in [-0.1, -0.05) is 0 Å². The Labute approximate surface area is 131 Å². The second kappa shape index (κ2) is 9.39. The van der Waals surface area contributed by atoms with Crippen LogP contribution in [0.2, 0.25) is 0 Å². The van der Waals surface area contributed by atoms with Gasteiger partial charge in [-0.2, -0.15) is 11.8 Å². The standard InChI is InChI=1S/C15H25N3O2S/c1-16-15(17-8-9-21-5)18(2)11-12-6-7-13(19-3)10-14(12)20-4/h6-7,10H,8-9,11H2,1-5H3,(H,16,17). The van der Waals surface area contributed by atoms with Crippen LogP contribution in [0.4, 0.5) is 0 Å². The largest absolute Gasteiger partial charge is 0.497 e. The van der Waals surface area contributed by atoms with E-state index in [1.54, 1.807) is 21.3 Å². The molecule has 0 atom stereocenters. The van der Waals surface area contributed by atoms with E-state index in [2.05, 4.69) is 21.5 Å². The predicted octanol–water partition coefficient (Wildman–Crippen LogP) is 2.07. The number of methoxy groups -OCH3 is 2. The number of nitrogens with one attached hydrogen (secondary N) is 1. The SMILES string of the molecule is CN=C(NCCSC)N(C)Cc1ccc(OC)cc1OC. The van der Waals surface area contributed by atoms with Crippen LogP contribution < -0.4 is 14.8 Å². The number of benzene rings is 1. The summed E-state index contributed by atoms with van der Waals surface area (Å²) >= 11 is 1.81. The first kappa shape index (κ1) is 17.5. The lowest BCUT2D eigenvalue weighted by atomic mass is 10.2. The predicted molar refractivity (Wildman–Crippen MR) is 90.8 cm³/mol. The Morgan fingerprint density at radius 3 is 2.67 bits per heavy atom. The third kappa shape index (κ3) is 5.38. The number of guanidine groups is 1. The highest BCUT2D eigenvalue weighted by molar-refractivity contribution is 7.98. The Morgan fingerprint density at radius 2 is 2.10 bits per heavy atom. The fourth-order valence-electron chi connectivity index (χ4n) is 1.96. The first-order valence-electron chi connectivity index (χ1n) is 6.77. The van der Waals surface area contributed by atoms with Gasteiger partial charge in [-0.05, 0) is 18.4 Å². The van der Waals surface area contributed by atoms with Crippen molar-refractivity contribution in [2.24, 2.45) is 4.99 Å². The van der Waals surface area contributed by atoms with Crippen molar-refractivity contribution in [3.05, 3.63) is 23.8 Å². The maximum atomic E-state index is 5.43. The van der Waals surface area contributed by atoms with Crippen molar-refractivity contribution >= 4 is 17.7 Å². The summed E-state index contributed by atoms with van der Waals surface area (Å²) in [4.78, 5) is 6.38. The lowest BCUT2D eigenvalue weighted by Gasteiger charge is -2.23. The van der Waals surface area contributed by atoms with Crippen molar-refractivity contribution in [2.75, 3.05) is 46.9 Å². The van der Waals surface area contributed by atoms with Crippen LogP contribution in [-0.4, -0.2) is 57.7 Å². The van der Waals surface area contributed by atoms with E-state index in [-0.39, 0.29) is 0 Å². The van der Waals surface area contributed by atoms with Crippen LogP contribution in [0.5, 0.6) is 11.5 Å². The van der Waals surface area contributed by atoms with Crippen LogP contribution in [-0.2, 0) is 6.54 Å². The van der Waals surface area contributed by atoms with Gasteiger partial charge in [0.15, 0.2) is 5.96 Å². The summed E-state index contributed by atoms with van der Waals surface area (Å²) in [7, 11) is 7.13. The fraction of sp³-hybridized carbons (Fsp3) is 0.533. The van der Waals surface area contributed by atoms with Gasteiger partial charge in [-0.3, -0.25) is 4.99 Å². The Kier molecular flexibility index (Phi) is 7.82. The summed E-state index contributed by atoms with van der Waals surface area (Å²) in [5, 5.41) is 3.34. The van der Waals surface area contributed by atoms with Gasteiger partial charge in [-0.25, -0.2) is 0 Å². The molecule has 0 saturated heterocycles. The number of nitrogens with zero attached hydrogens (tertiary/aromatic N) is 2. The maximum absolute atomic E-state index is 5.43. The highest BCUT2D eigenvalue weighted by Crippen LogP contribution is 2.25. The van der Waals surface area contributed by atoms with Gasteiger partial charge in [0.2, 0.25) is 0 Å². The van der Waals surface area contributed by atoms with E-state index in [1.165, 1.54) is 0 Å². The van der Waals surface area contributed by atoms with E-state index < -0.39 is 0 Å². The summed E-state index contributed by atoms with van der Waals surface area (Å²) in [5.41, 5.74) is 1.09. The molecule has 5 nitrogen and oxygen atoms in total. The van der Waals surface area contributed by atoms with Crippen LogP contribution in [0.15, 0.2) is 23.2 Å². The Bertz CT molecular complexity index is 466. The number of hydrogen-bond acceptors (Lipinski definition) is 4. The molecule has 0 fully saturated rings. The van der Waals surface area contributed by atoms with E-state index in [1.807, 2.05) is 37.0 Å². The van der Waals surface area contributed by atoms with Crippen molar-refractivity contribution in [3.8, 4) is 11.5 Å². The summed E-state index contributed by atoms with van der Waals surface area (Å²) in [6.45, 7) is 1.62. The fourth-order valence-corrected chi connectivity index (χ4v) is 2.27. The van der Waals surface area contributed by atoms with Crippen LogP contribution in [0.1, 0.15) is 5.56 Å². The molecule has 118 valence electrons. The minimum Gasteiger partial charge on any atom is -0.497 e. The van der Waals surface area contributed by atoms with E-state index in [4.69, 9.17) is 9.47 Å². The molecule has 0 heterocycles. The molecule has 1 aromatic carbocycles. The van der Waals surface area contributed by atoms with Crippen LogP contribution in [0.3, 0.4) is 0 Å². The Balaban J connectivity index is 2.74. The molecule has 0 aliphatic heterocycles. The minimum absolute atomic E-state index is 0.714. The zero-order valence-corrected chi connectivity index (χ0v) is 14.3. The molecule has 0 bridgehead atoms. The van der Waals surface area contributed by atoms with E-state index in [0.29, 0.717) is 6.54 Å². The van der Waals surface area contributed by atoms with Gasteiger partial charge in [0.1, 0.15) is 11.5 Å². The van der Waals surface area contributed by atoms with Crippen LogP contribution in [0.25, 0.3) is 0 Å². The van der Waals surface area contributed by atoms with Crippen LogP contribution >= 0.6 is 11.8 Å². The number of aliphatic imine (C=N–C) groups is 1. The smallest absolute Gasteiger partial charge is 0.193 e. The molecule has 0 radical (unpaired) electrons. The zero-order valence-electron chi connectivity index (χ0n) is 13.5. The summed E-state index contributed by atoms with van der Waals surface area (Å²) in [5.74, 6) is 3.54. The molecule has 0 amide bonds. The molecule has 6 heteroatoms. The van der Waals surface area contributed by atoms with Crippen molar-refractivity contribution in [1.29, 1.82) is 0 Å². The highest BCUT2D eigenvalue weighted by atomic mass is 32.2. The van der Waals surface area contributed by atoms with Crippen molar-refractivity contribution < 1.29 is 9.47 Å². The molecule has 0 aromatic heterocycles. The molecule has 0 saturated carbocycles. The Hall–Kier alpha value is -1.56. The lowest BCUT2D eigenvalue weighted by molar-refractivity contribution is 0.382. The molecule has 0 spiro atoms. The molecule has 1 N–H and O–H groups in total. The second-order valence-electron chi connectivity index (χ2n) is 4.50. The molecule has 21 heavy (non-hydrogen) atoms. The van der Waals surface area contributed by atoms with Gasteiger partial charge in [0.05, 0.1) is 14.2 Å². The van der Waals surface area contributed by atoms with Crippen molar-refractivity contribution in [2.45, 2.75) is 6.54 Å². The number of thioether (sulfide) groups is 1. The zero-order chi connectivity index (χ0) is 15.7. The molecule has 1 aromatic rings. The first-order chi connectivity index (χ1) is 10.2. The quantitative estimate of drug-likeness (QED) is 0.474. The first-order valence-corrected chi connectivity index (χ1v) is 8.17. The average molecular weight is 311 g/mol. The van der Waals surface area contributed by atoms with Crippen molar-refractivity contribution in [3.63, 3.8) is 0 Å². The maximum Gasteiger partial charge on any atom is 0.193 e. The van der Waals surface area contributed by atoms with Gasteiger partial charge in [-0.15, -0.1) is 0 Å². The molecule has 0 aliphatic carbocycles. The third-order valence-corrected chi connectivity index (χ3v) is 3.68. The van der Waals surface area contributed by atoms with Crippen LogP contribution in [0, 0.1) is 0 Å². The third-order valence-electron chi connectivity index (χ3n) is 3.06. The number of hydrogen-bond donors (Lipinski definition) is 1. The van der Waals surface area contributed by atoms with E-state index >= 15 is 0 Å². The van der Waals surface area contributed by atoms with Gasteiger partial charge < -0.3 is 19.7 Å². The second-order valence-corrected chi connectivity index (χ2v) is 5.49. The van der Waals surface area contributed by atoms with Gasteiger partial charge in [0, 0.05) is 44.6 Å². The van der Waals surface area contributed by atoms with Gasteiger partial charge >= 0.3 is 0 Å². The molecular formula is C15H25N3O2S. The molecular weight excluding hydrogens is 286 g/mol. The molecule has 0 aliphatic rings. The lowest BCUT2D eigenvalue weighted by Crippen LogP contribution is -2.39. The minimum atomic E-state index is 0.714. The monoisotopic (exact) mass is 311 g/mol. The van der Waals surface area contributed by atoms with E-state index in [9.17, 15) is 0 Å². The number of rotatable bonds is 7. The molecule has 0 unspecified atom stereocenters. The number of ether oxygens (including phenoxy) is 2. The summed E-state index contributed by atoms with van der Waals surface area (Å²) < 4.78 is 10.6. The van der Waals surface area contributed by atoms with E-state index in [0.717, 1.165) is 35.3 Å². The normalized spacial score (nSPS) is 11.2. The summed E-state index contributed by atoms with van der Waals surface area (Å²) in [6, 6.07) is 5.85. The van der Waals surface area contributed by atoms with Gasteiger partial charge in [0.25, 0.3) is 0 Å². The molecule has 1 rings (SSSR count). The topological polar surface area (TPSA) is 46.1 Å². The Morgan fingerprint density at radius 1 is 1.33 bits per heavy atom. The van der Waals surface area contributed by atoms with Crippen molar-refractivity contribution in [1.82, 2.24) is 10.2 Å².